The number of carbonyl (C=O) groups is 1. The van der Waals surface area contributed by atoms with Crippen molar-refractivity contribution in [1.82, 2.24) is 0 Å². The zero-order valence-electron chi connectivity index (χ0n) is 19.0. The Morgan fingerprint density at radius 2 is 0.926 bits per heavy atom. The van der Waals surface area contributed by atoms with Gasteiger partial charge < -0.3 is 4.74 Å². The van der Waals surface area contributed by atoms with Crippen LogP contribution >= 0.6 is 0 Å². The van der Waals surface area contributed by atoms with Gasteiger partial charge in [0.25, 0.3) is 0 Å². The zero-order chi connectivity index (χ0) is 20.0. The first-order chi connectivity index (χ1) is 13.3. The summed E-state index contributed by atoms with van der Waals surface area (Å²) >= 11 is 0. The molecule has 0 amide bonds. The molecule has 0 aromatic rings. The van der Waals surface area contributed by atoms with E-state index in [9.17, 15) is 4.79 Å². The first-order valence-electron chi connectivity index (χ1n) is 12.4. The van der Waals surface area contributed by atoms with Crippen molar-refractivity contribution in [3.05, 3.63) is 0 Å². The van der Waals surface area contributed by atoms with Crippen LogP contribution in [0.2, 0.25) is 0 Å². The number of rotatable bonds is 21. The molecular weight excluding hydrogens is 332 g/mol. The molecule has 0 aliphatic rings. The normalized spacial score (nSPS) is 12.3. The summed E-state index contributed by atoms with van der Waals surface area (Å²) in [5.41, 5.74) is 0. The molecule has 2 nitrogen and oxygen atoms in total. The Bertz CT molecular complexity index is 301. The molecule has 0 aliphatic carbocycles. The van der Waals surface area contributed by atoms with E-state index in [4.69, 9.17) is 4.74 Å². The van der Waals surface area contributed by atoms with Gasteiger partial charge in [-0.2, -0.15) is 0 Å². The summed E-state index contributed by atoms with van der Waals surface area (Å²) in [6.45, 7) is 7.38. The smallest absolute Gasteiger partial charge is 0.308 e. The summed E-state index contributed by atoms with van der Waals surface area (Å²) in [4.78, 5) is 12.5. The predicted octanol–water partition coefficient (Wildman–Crippen LogP) is 8.62. The Balaban J connectivity index is 3.93. The topological polar surface area (TPSA) is 26.3 Å². The van der Waals surface area contributed by atoms with Crippen molar-refractivity contribution >= 4 is 5.97 Å². The van der Waals surface area contributed by atoms with E-state index < -0.39 is 0 Å². The SMILES string of the molecule is CCCCCCCCCOC(=O)C(CCCCCC)CCCCCCCC. The van der Waals surface area contributed by atoms with Crippen LogP contribution in [0.5, 0.6) is 0 Å². The fraction of sp³-hybridized carbons (Fsp3) is 0.960. The van der Waals surface area contributed by atoms with Crippen LogP contribution in [0.3, 0.4) is 0 Å². The van der Waals surface area contributed by atoms with Crippen molar-refractivity contribution in [2.75, 3.05) is 6.61 Å². The van der Waals surface area contributed by atoms with Gasteiger partial charge in [0.05, 0.1) is 12.5 Å². The van der Waals surface area contributed by atoms with Crippen LogP contribution in [-0.2, 0) is 9.53 Å². The highest BCUT2D eigenvalue weighted by atomic mass is 16.5. The standard InChI is InChI=1S/C25H50O2/c1-4-7-10-13-15-17-20-23-27-25(26)24(21-18-12-9-6-3)22-19-16-14-11-8-5-2/h24H,4-23H2,1-3H3. The molecule has 0 heterocycles. The van der Waals surface area contributed by atoms with Crippen molar-refractivity contribution in [2.45, 2.75) is 143 Å². The molecule has 27 heavy (non-hydrogen) atoms. The number of esters is 1. The summed E-state index contributed by atoms with van der Waals surface area (Å²) in [6, 6.07) is 0. The molecule has 0 bridgehead atoms. The molecular formula is C25H50O2. The third-order valence-corrected chi connectivity index (χ3v) is 5.64. The molecule has 0 N–H and O–H groups in total. The molecule has 1 unspecified atom stereocenters. The highest BCUT2D eigenvalue weighted by molar-refractivity contribution is 5.72. The average Bonchev–Trinajstić information content (AvgIpc) is 2.68. The van der Waals surface area contributed by atoms with E-state index in [1.54, 1.807) is 0 Å². The lowest BCUT2D eigenvalue weighted by Gasteiger charge is -2.16. The maximum Gasteiger partial charge on any atom is 0.308 e. The van der Waals surface area contributed by atoms with Crippen molar-refractivity contribution < 1.29 is 9.53 Å². The average molecular weight is 383 g/mol. The van der Waals surface area contributed by atoms with Gasteiger partial charge in [-0.05, 0) is 19.3 Å². The van der Waals surface area contributed by atoms with Crippen LogP contribution in [0.25, 0.3) is 0 Å². The van der Waals surface area contributed by atoms with Crippen LogP contribution in [0.15, 0.2) is 0 Å². The number of unbranched alkanes of at least 4 members (excludes halogenated alkanes) is 14. The van der Waals surface area contributed by atoms with Crippen LogP contribution < -0.4 is 0 Å². The van der Waals surface area contributed by atoms with Gasteiger partial charge in [-0.15, -0.1) is 0 Å². The minimum Gasteiger partial charge on any atom is -0.465 e. The second-order valence-electron chi connectivity index (χ2n) is 8.39. The third-order valence-electron chi connectivity index (χ3n) is 5.64. The molecule has 0 saturated carbocycles. The molecule has 0 rings (SSSR count). The van der Waals surface area contributed by atoms with Crippen molar-refractivity contribution in [2.24, 2.45) is 5.92 Å². The van der Waals surface area contributed by atoms with E-state index >= 15 is 0 Å². The highest BCUT2D eigenvalue weighted by Crippen LogP contribution is 2.20. The van der Waals surface area contributed by atoms with E-state index in [-0.39, 0.29) is 11.9 Å². The molecule has 0 aromatic heterocycles. The number of carbonyl (C=O) groups excluding carboxylic acids is 1. The fourth-order valence-corrected chi connectivity index (χ4v) is 3.72. The molecule has 0 fully saturated rings. The minimum atomic E-state index is 0.0889. The van der Waals surface area contributed by atoms with Crippen LogP contribution in [0, 0.1) is 5.92 Å². The second-order valence-corrected chi connectivity index (χ2v) is 8.39. The van der Waals surface area contributed by atoms with E-state index in [0.717, 1.165) is 19.3 Å². The monoisotopic (exact) mass is 382 g/mol. The van der Waals surface area contributed by atoms with Gasteiger partial charge in [-0.25, -0.2) is 0 Å². The van der Waals surface area contributed by atoms with Gasteiger partial charge in [0.1, 0.15) is 0 Å². The lowest BCUT2D eigenvalue weighted by molar-refractivity contribution is -0.149. The van der Waals surface area contributed by atoms with Gasteiger partial charge in [0.15, 0.2) is 0 Å². The molecule has 0 aliphatic heterocycles. The first kappa shape index (κ1) is 26.5. The molecule has 0 spiro atoms. The maximum atomic E-state index is 12.5. The van der Waals surface area contributed by atoms with Crippen LogP contribution in [-0.4, -0.2) is 12.6 Å². The molecule has 1 atom stereocenters. The molecule has 162 valence electrons. The van der Waals surface area contributed by atoms with Gasteiger partial charge in [0.2, 0.25) is 0 Å². The van der Waals surface area contributed by atoms with Gasteiger partial charge in [-0.3, -0.25) is 4.79 Å². The summed E-state index contributed by atoms with van der Waals surface area (Å²) < 4.78 is 5.65. The van der Waals surface area contributed by atoms with Crippen LogP contribution in [0.4, 0.5) is 0 Å². The van der Waals surface area contributed by atoms with E-state index in [0.29, 0.717) is 6.61 Å². The molecule has 0 radical (unpaired) electrons. The third kappa shape index (κ3) is 18.6. The van der Waals surface area contributed by atoms with Gasteiger partial charge >= 0.3 is 5.97 Å². The Hall–Kier alpha value is -0.530. The van der Waals surface area contributed by atoms with E-state index in [1.165, 1.54) is 103 Å². The summed E-state index contributed by atoms with van der Waals surface area (Å²) in [5.74, 6) is 0.239. The predicted molar refractivity (Wildman–Crippen MR) is 119 cm³/mol. The largest absolute Gasteiger partial charge is 0.465 e. The fourth-order valence-electron chi connectivity index (χ4n) is 3.72. The second kappa shape index (κ2) is 21.8. The minimum absolute atomic E-state index is 0.0889. The van der Waals surface area contributed by atoms with E-state index in [2.05, 4.69) is 20.8 Å². The van der Waals surface area contributed by atoms with Crippen molar-refractivity contribution in [1.29, 1.82) is 0 Å². The van der Waals surface area contributed by atoms with Gasteiger partial charge in [0, 0.05) is 0 Å². The molecule has 0 aromatic carbocycles. The summed E-state index contributed by atoms with van der Waals surface area (Å²) in [6.07, 6.45) is 23.7. The van der Waals surface area contributed by atoms with Crippen molar-refractivity contribution in [3.8, 4) is 0 Å². The quantitative estimate of drug-likeness (QED) is 0.147. The maximum absolute atomic E-state index is 12.5. The van der Waals surface area contributed by atoms with E-state index in [1.807, 2.05) is 0 Å². The number of ether oxygens (including phenoxy) is 1. The molecule has 2 heteroatoms. The van der Waals surface area contributed by atoms with Crippen LogP contribution in [0.1, 0.15) is 143 Å². The Morgan fingerprint density at radius 3 is 1.41 bits per heavy atom. The Labute approximate surface area is 171 Å². The zero-order valence-corrected chi connectivity index (χ0v) is 19.0. The summed E-state index contributed by atoms with van der Waals surface area (Å²) in [5, 5.41) is 0. The first-order valence-corrected chi connectivity index (χ1v) is 12.4. The lowest BCUT2D eigenvalue weighted by atomic mass is 9.94. The number of hydrogen-bond donors (Lipinski definition) is 0. The Morgan fingerprint density at radius 1 is 0.556 bits per heavy atom. The van der Waals surface area contributed by atoms with Crippen molar-refractivity contribution in [3.63, 3.8) is 0 Å². The summed E-state index contributed by atoms with van der Waals surface area (Å²) in [7, 11) is 0. The van der Waals surface area contributed by atoms with Gasteiger partial charge in [-0.1, -0.05) is 124 Å². The highest BCUT2D eigenvalue weighted by Gasteiger charge is 2.19. The molecule has 0 saturated heterocycles. The lowest BCUT2D eigenvalue weighted by Crippen LogP contribution is -2.18. The number of hydrogen-bond acceptors (Lipinski definition) is 2. The Kier molecular flexibility index (Phi) is 21.3.